The Morgan fingerprint density at radius 2 is 1.90 bits per heavy atom. The van der Waals surface area contributed by atoms with Crippen molar-refractivity contribution < 1.29 is 4.74 Å². The third kappa shape index (κ3) is 3.49. The van der Waals surface area contributed by atoms with Gasteiger partial charge in [0.15, 0.2) is 5.65 Å². The first-order valence-electron chi connectivity index (χ1n) is 10.1. The average Bonchev–Trinajstić information content (AvgIpc) is 3.42. The van der Waals surface area contributed by atoms with E-state index in [9.17, 15) is 0 Å². The first-order chi connectivity index (χ1) is 14.3. The van der Waals surface area contributed by atoms with Gasteiger partial charge in [-0.25, -0.2) is 9.97 Å². The van der Waals surface area contributed by atoms with Crippen molar-refractivity contribution in [3.05, 3.63) is 72.7 Å². The number of aryl methyl sites for hydroxylation is 1. The number of ether oxygens (including phenoxy) is 1. The van der Waals surface area contributed by atoms with E-state index < -0.39 is 0 Å². The summed E-state index contributed by atoms with van der Waals surface area (Å²) >= 11 is 0. The number of aromatic nitrogens is 3. The molecular weight excluding hydrogens is 360 g/mol. The average molecular weight is 384 g/mol. The van der Waals surface area contributed by atoms with E-state index in [4.69, 9.17) is 4.74 Å². The summed E-state index contributed by atoms with van der Waals surface area (Å²) in [6, 6.07) is 18.9. The predicted molar refractivity (Wildman–Crippen MR) is 117 cm³/mol. The maximum absolute atomic E-state index is 5.78. The molecule has 5 heteroatoms. The second kappa shape index (κ2) is 7.68. The van der Waals surface area contributed by atoms with Crippen LogP contribution in [0.4, 0.5) is 5.82 Å². The fraction of sp³-hybridized carbons (Fsp3) is 0.250. The van der Waals surface area contributed by atoms with Crippen LogP contribution in [0, 0.1) is 6.92 Å². The molecule has 3 heterocycles. The molecule has 2 aromatic carbocycles. The molecule has 1 N–H and O–H groups in total. The molecule has 0 amide bonds. The number of fused-ring (bicyclic) bond motifs is 1. The molecule has 146 valence electrons. The highest BCUT2D eigenvalue weighted by molar-refractivity contribution is 6.02. The van der Waals surface area contributed by atoms with Crippen LogP contribution in [0.2, 0.25) is 0 Å². The summed E-state index contributed by atoms with van der Waals surface area (Å²) in [6.07, 6.45) is 6.28. The van der Waals surface area contributed by atoms with Crippen molar-refractivity contribution in [2.45, 2.75) is 25.9 Å². The van der Waals surface area contributed by atoms with E-state index >= 15 is 0 Å². The van der Waals surface area contributed by atoms with Crippen molar-refractivity contribution in [3.63, 3.8) is 0 Å². The van der Waals surface area contributed by atoms with E-state index in [0.29, 0.717) is 0 Å². The van der Waals surface area contributed by atoms with Crippen molar-refractivity contribution in [3.8, 4) is 16.8 Å². The fourth-order valence-electron chi connectivity index (χ4n) is 3.95. The molecule has 0 bridgehead atoms. The van der Waals surface area contributed by atoms with Crippen LogP contribution in [0.5, 0.6) is 0 Å². The molecule has 1 aliphatic heterocycles. The van der Waals surface area contributed by atoms with Crippen LogP contribution in [-0.4, -0.2) is 33.8 Å². The minimum Gasteiger partial charge on any atom is -0.376 e. The summed E-state index contributed by atoms with van der Waals surface area (Å²) < 4.78 is 7.93. The van der Waals surface area contributed by atoms with Crippen molar-refractivity contribution in [2.75, 3.05) is 18.5 Å². The number of anilines is 1. The quantitative estimate of drug-likeness (QED) is 0.527. The number of nitrogens with zero attached hydrogens (tertiary/aromatic N) is 3. The van der Waals surface area contributed by atoms with E-state index in [0.717, 1.165) is 59.7 Å². The third-order valence-electron chi connectivity index (χ3n) is 5.50. The lowest BCUT2D eigenvalue weighted by Gasteiger charge is -2.12. The maximum Gasteiger partial charge on any atom is 0.150 e. The highest BCUT2D eigenvalue weighted by atomic mass is 16.5. The highest BCUT2D eigenvalue weighted by Crippen LogP contribution is 2.35. The Hall–Kier alpha value is -3.18. The van der Waals surface area contributed by atoms with Crippen LogP contribution in [0.3, 0.4) is 0 Å². The minimum absolute atomic E-state index is 0.249. The molecule has 1 fully saturated rings. The van der Waals surface area contributed by atoms with Crippen molar-refractivity contribution in [1.29, 1.82) is 0 Å². The molecule has 4 aromatic rings. The largest absolute Gasteiger partial charge is 0.376 e. The van der Waals surface area contributed by atoms with E-state index in [1.165, 1.54) is 5.56 Å². The second-order valence-electron chi connectivity index (χ2n) is 7.55. The summed E-state index contributed by atoms with van der Waals surface area (Å²) in [4.78, 5) is 9.23. The lowest BCUT2D eigenvalue weighted by molar-refractivity contribution is 0.120. The van der Waals surface area contributed by atoms with E-state index in [1.807, 2.05) is 6.07 Å². The van der Waals surface area contributed by atoms with Crippen molar-refractivity contribution in [1.82, 2.24) is 14.5 Å². The molecule has 1 saturated heterocycles. The smallest absolute Gasteiger partial charge is 0.150 e. The summed E-state index contributed by atoms with van der Waals surface area (Å²) in [6.45, 7) is 3.71. The maximum atomic E-state index is 5.78. The fourth-order valence-corrected chi connectivity index (χ4v) is 3.95. The Morgan fingerprint density at radius 3 is 2.66 bits per heavy atom. The van der Waals surface area contributed by atoms with Gasteiger partial charge in [-0.2, -0.15) is 0 Å². The Balaban J connectivity index is 1.65. The molecule has 0 saturated carbocycles. The van der Waals surface area contributed by atoms with Crippen molar-refractivity contribution >= 4 is 16.9 Å². The van der Waals surface area contributed by atoms with Gasteiger partial charge in [-0.1, -0.05) is 48.0 Å². The van der Waals surface area contributed by atoms with Gasteiger partial charge in [-0.3, -0.25) is 0 Å². The van der Waals surface area contributed by atoms with Gasteiger partial charge in [0, 0.05) is 30.6 Å². The van der Waals surface area contributed by atoms with Gasteiger partial charge in [-0.05, 0) is 37.5 Å². The molecule has 0 spiro atoms. The van der Waals surface area contributed by atoms with Gasteiger partial charge >= 0.3 is 0 Å². The first kappa shape index (κ1) is 17.9. The second-order valence-corrected chi connectivity index (χ2v) is 7.55. The Labute approximate surface area is 170 Å². The highest BCUT2D eigenvalue weighted by Gasteiger charge is 2.19. The van der Waals surface area contributed by atoms with E-state index in [-0.39, 0.29) is 6.10 Å². The van der Waals surface area contributed by atoms with Gasteiger partial charge in [0.25, 0.3) is 0 Å². The molecule has 5 nitrogen and oxygen atoms in total. The van der Waals surface area contributed by atoms with E-state index in [2.05, 4.69) is 81.5 Å². The molecule has 5 rings (SSSR count). The number of hydrogen-bond acceptors (Lipinski definition) is 4. The summed E-state index contributed by atoms with van der Waals surface area (Å²) in [5.41, 5.74) is 5.50. The first-order valence-corrected chi connectivity index (χ1v) is 10.1. The zero-order chi connectivity index (χ0) is 19.6. The SMILES string of the molecule is Cc1ccc(-n2cc(-c3ccccc3)c3c(NC[C@@H]4CCCO4)ncnc32)cc1. The lowest BCUT2D eigenvalue weighted by atomic mass is 10.1. The number of nitrogens with one attached hydrogen (secondary N) is 1. The standard InChI is InChI=1S/C24H24N4O/c1-17-9-11-19(12-10-17)28-15-21(18-6-3-2-4-7-18)22-23(26-16-27-24(22)28)25-14-20-8-5-13-29-20/h2-4,6-7,9-12,15-16,20H,5,8,13-14H2,1H3,(H,25,26,27)/t20-/m0/s1. The van der Waals surface area contributed by atoms with Gasteiger partial charge in [-0.15, -0.1) is 0 Å². The number of rotatable bonds is 5. The zero-order valence-corrected chi connectivity index (χ0v) is 16.5. The Morgan fingerprint density at radius 1 is 1.07 bits per heavy atom. The van der Waals surface area contributed by atoms with Crippen LogP contribution in [0.1, 0.15) is 18.4 Å². The number of hydrogen-bond donors (Lipinski definition) is 1. The molecule has 2 aromatic heterocycles. The van der Waals surface area contributed by atoms with Gasteiger partial charge in [0.05, 0.1) is 11.5 Å². The number of benzene rings is 2. The van der Waals surface area contributed by atoms with Crippen LogP contribution < -0.4 is 5.32 Å². The van der Waals surface area contributed by atoms with Crippen LogP contribution in [-0.2, 0) is 4.74 Å². The molecule has 1 aliphatic rings. The third-order valence-corrected chi connectivity index (χ3v) is 5.50. The van der Waals surface area contributed by atoms with Gasteiger partial charge < -0.3 is 14.6 Å². The van der Waals surface area contributed by atoms with Crippen LogP contribution in [0.15, 0.2) is 67.1 Å². The normalized spacial score (nSPS) is 16.4. The predicted octanol–water partition coefficient (Wildman–Crippen LogP) is 4.99. The van der Waals surface area contributed by atoms with Gasteiger partial charge in [0.1, 0.15) is 12.1 Å². The summed E-state index contributed by atoms with van der Waals surface area (Å²) in [7, 11) is 0. The topological polar surface area (TPSA) is 52.0 Å². The minimum atomic E-state index is 0.249. The molecule has 0 radical (unpaired) electrons. The van der Waals surface area contributed by atoms with Crippen LogP contribution >= 0.6 is 0 Å². The van der Waals surface area contributed by atoms with Gasteiger partial charge in [0.2, 0.25) is 0 Å². The molecule has 29 heavy (non-hydrogen) atoms. The Kier molecular flexibility index (Phi) is 4.74. The summed E-state index contributed by atoms with van der Waals surface area (Å²) in [5, 5.41) is 4.56. The molecule has 0 unspecified atom stereocenters. The monoisotopic (exact) mass is 384 g/mol. The Bertz CT molecular complexity index is 1110. The van der Waals surface area contributed by atoms with E-state index in [1.54, 1.807) is 6.33 Å². The summed E-state index contributed by atoms with van der Waals surface area (Å²) in [5.74, 6) is 0.857. The molecule has 1 atom stereocenters. The molecule has 0 aliphatic carbocycles. The zero-order valence-electron chi connectivity index (χ0n) is 16.5. The molecular formula is C24H24N4O. The lowest BCUT2D eigenvalue weighted by Crippen LogP contribution is -2.19. The van der Waals surface area contributed by atoms with Crippen LogP contribution in [0.25, 0.3) is 27.8 Å². The van der Waals surface area contributed by atoms with Crippen molar-refractivity contribution in [2.24, 2.45) is 0 Å².